The monoisotopic (exact) mass is 411 g/mol. The van der Waals surface area contributed by atoms with Crippen molar-refractivity contribution in [2.75, 3.05) is 53.6 Å². The largest absolute Gasteiger partial charge is 0.496 e. The number of ether oxygens (including phenoxy) is 3. The van der Waals surface area contributed by atoms with E-state index in [0.29, 0.717) is 40.8 Å². The topological polar surface area (TPSA) is 81.6 Å². The zero-order valence-corrected chi connectivity index (χ0v) is 17.0. The molecule has 2 aliphatic heterocycles. The van der Waals surface area contributed by atoms with Crippen molar-refractivity contribution in [2.24, 2.45) is 5.16 Å². The Morgan fingerprint density at radius 2 is 2.04 bits per heavy atom. The van der Waals surface area contributed by atoms with Gasteiger partial charge in [-0.05, 0) is 19.0 Å². The molecular formula is C19H26ClN3O5. The lowest BCUT2D eigenvalue weighted by Gasteiger charge is -2.26. The third-order valence-electron chi connectivity index (χ3n) is 4.80. The Bertz CT molecular complexity index is 722. The summed E-state index contributed by atoms with van der Waals surface area (Å²) >= 11 is 6.22. The number of morpholine rings is 1. The van der Waals surface area contributed by atoms with E-state index in [1.165, 1.54) is 7.11 Å². The number of nitrogens with one attached hydrogen (secondary N) is 1. The van der Waals surface area contributed by atoms with Crippen LogP contribution >= 0.6 is 11.6 Å². The lowest BCUT2D eigenvalue weighted by Crippen LogP contribution is -2.39. The average molecular weight is 412 g/mol. The van der Waals surface area contributed by atoms with Crippen LogP contribution in [0.25, 0.3) is 0 Å². The number of nitrogens with zero attached hydrogens (tertiary/aromatic N) is 2. The molecule has 0 spiro atoms. The van der Waals surface area contributed by atoms with Crippen LogP contribution in [0.1, 0.15) is 18.4 Å². The Morgan fingerprint density at radius 3 is 2.75 bits per heavy atom. The molecule has 9 heteroatoms. The lowest BCUT2D eigenvalue weighted by molar-refractivity contribution is -0.131. The summed E-state index contributed by atoms with van der Waals surface area (Å²) in [6.07, 6.45) is 0.589. The fraction of sp³-hybridized carbons (Fsp3) is 0.579. The zero-order chi connectivity index (χ0) is 19.9. The first-order valence-corrected chi connectivity index (χ1v) is 9.72. The van der Waals surface area contributed by atoms with Crippen molar-refractivity contribution < 1.29 is 23.8 Å². The first-order valence-electron chi connectivity index (χ1n) is 9.34. The van der Waals surface area contributed by atoms with E-state index in [9.17, 15) is 4.79 Å². The van der Waals surface area contributed by atoms with Crippen LogP contribution in [0.2, 0.25) is 5.02 Å². The Labute approximate surface area is 169 Å². The minimum atomic E-state index is -0.649. The van der Waals surface area contributed by atoms with Crippen molar-refractivity contribution in [3.05, 3.63) is 22.7 Å². The number of rotatable bonds is 8. The number of halogens is 1. The van der Waals surface area contributed by atoms with E-state index >= 15 is 0 Å². The normalized spacial score (nSPS) is 19.7. The average Bonchev–Trinajstić information content (AvgIpc) is 3.22. The zero-order valence-electron chi connectivity index (χ0n) is 16.2. The molecule has 1 N–H and O–H groups in total. The second kappa shape index (κ2) is 9.95. The summed E-state index contributed by atoms with van der Waals surface area (Å²) in [6.45, 7) is 5.00. The first-order chi connectivity index (χ1) is 13.6. The molecule has 1 atom stereocenters. The quantitative estimate of drug-likeness (QED) is 0.655. The lowest BCUT2D eigenvalue weighted by atomic mass is 10.0. The highest BCUT2D eigenvalue weighted by atomic mass is 35.5. The van der Waals surface area contributed by atoms with Gasteiger partial charge in [-0.2, -0.15) is 0 Å². The van der Waals surface area contributed by atoms with Crippen LogP contribution in [0.15, 0.2) is 17.3 Å². The number of benzene rings is 1. The van der Waals surface area contributed by atoms with E-state index in [2.05, 4.69) is 15.4 Å². The Morgan fingerprint density at radius 1 is 1.29 bits per heavy atom. The van der Waals surface area contributed by atoms with Gasteiger partial charge in [-0.15, -0.1) is 0 Å². The van der Waals surface area contributed by atoms with Gasteiger partial charge in [0.15, 0.2) is 0 Å². The Balaban J connectivity index is 1.49. The Kier molecular flexibility index (Phi) is 7.36. The Hall–Kier alpha value is -2.03. The highest BCUT2D eigenvalue weighted by Gasteiger charge is 2.30. The van der Waals surface area contributed by atoms with Crippen LogP contribution < -0.4 is 14.8 Å². The van der Waals surface area contributed by atoms with Crippen molar-refractivity contribution in [2.45, 2.75) is 18.9 Å². The summed E-state index contributed by atoms with van der Waals surface area (Å²) in [6, 6.07) is 3.41. The van der Waals surface area contributed by atoms with Gasteiger partial charge in [-0.3, -0.25) is 9.69 Å². The maximum absolute atomic E-state index is 12.4. The predicted molar refractivity (Wildman–Crippen MR) is 105 cm³/mol. The molecule has 28 heavy (non-hydrogen) atoms. The molecule has 1 aromatic carbocycles. The number of methoxy groups -OCH3 is 2. The van der Waals surface area contributed by atoms with Crippen molar-refractivity contribution in [1.29, 1.82) is 0 Å². The molecular weight excluding hydrogens is 386 g/mol. The molecule has 0 unspecified atom stereocenters. The standard InChI is InChI=1S/C19H26ClN3O5/c1-25-16-12-17(26-2)14(20)10-13(16)15-11-18(28-22-15)19(24)21-4-3-5-23-6-8-27-9-7-23/h10,12,18H,3-9,11H2,1-2H3,(H,21,24)/t18-/m0/s1. The summed E-state index contributed by atoms with van der Waals surface area (Å²) in [5.74, 6) is 0.908. The van der Waals surface area contributed by atoms with Gasteiger partial charge in [0.1, 0.15) is 11.5 Å². The molecule has 0 bridgehead atoms. The summed E-state index contributed by atoms with van der Waals surface area (Å²) in [7, 11) is 3.09. The van der Waals surface area contributed by atoms with Crippen molar-refractivity contribution in [3.63, 3.8) is 0 Å². The van der Waals surface area contributed by atoms with Crippen LogP contribution in [0.5, 0.6) is 11.5 Å². The second-order valence-electron chi connectivity index (χ2n) is 6.62. The molecule has 1 amide bonds. The highest BCUT2D eigenvalue weighted by Crippen LogP contribution is 2.34. The fourth-order valence-corrected chi connectivity index (χ4v) is 3.46. The molecule has 1 fully saturated rings. The molecule has 0 aliphatic carbocycles. The molecule has 2 aliphatic rings. The number of hydrogen-bond acceptors (Lipinski definition) is 7. The second-order valence-corrected chi connectivity index (χ2v) is 7.03. The minimum absolute atomic E-state index is 0.167. The fourth-order valence-electron chi connectivity index (χ4n) is 3.22. The third-order valence-corrected chi connectivity index (χ3v) is 5.10. The third kappa shape index (κ3) is 5.06. The number of hydrogen-bond donors (Lipinski definition) is 1. The van der Waals surface area contributed by atoms with Crippen LogP contribution in [-0.2, 0) is 14.4 Å². The molecule has 154 valence electrons. The minimum Gasteiger partial charge on any atom is -0.496 e. The molecule has 0 radical (unpaired) electrons. The van der Waals surface area contributed by atoms with E-state index in [0.717, 1.165) is 39.3 Å². The number of amides is 1. The predicted octanol–water partition coefficient (Wildman–Crippen LogP) is 1.69. The first kappa shape index (κ1) is 20.7. The van der Waals surface area contributed by atoms with Gasteiger partial charge < -0.3 is 24.4 Å². The van der Waals surface area contributed by atoms with Crippen LogP contribution in [0.3, 0.4) is 0 Å². The molecule has 2 heterocycles. The molecule has 3 rings (SSSR count). The van der Waals surface area contributed by atoms with Crippen LogP contribution in [-0.4, -0.2) is 76.2 Å². The van der Waals surface area contributed by atoms with Crippen molar-refractivity contribution >= 4 is 23.2 Å². The van der Waals surface area contributed by atoms with E-state index in [1.54, 1.807) is 19.2 Å². The van der Waals surface area contributed by atoms with Crippen molar-refractivity contribution in [3.8, 4) is 11.5 Å². The van der Waals surface area contributed by atoms with E-state index in [4.69, 9.17) is 30.6 Å². The summed E-state index contributed by atoms with van der Waals surface area (Å²) in [5.41, 5.74) is 1.31. The van der Waals surface area contributed by atoms with Crippen molar-refractivity contribution in [1.82, 2.24) is 10.2 Å². The van der Waals surface area contributed by atoms with Crippen LogP contribution in [0, 0.1) is 0 Å². The molecule has 1 aromatic rings. The maximum atomic E-state index is 12.4. The molecule has 1 saturated heterocycles. The van der Waals surface area contributed by atoms with E-state index < -0.39 is 6.10 Å². The van der Waals surface area contributed by atoms with E-state index in [-0.39, 0.29) is 5.91 Å². The summed E-state index contributed by atoms with van der Waals surface area (Å²) in [5, 5.41) is 7.43. The SMILES string of the molecule is COc1cc(OC)c(C2=NO[C@H](C(=O)NCCCN3CCOCC3)C2)cc1Cl. The van der Waals surface area contributed by atoms with Gasteiger partial charge in [-0.25, -0.2) is 0 Å². The maximum Gasteiger partial charge on any atom is 0.264 e. The summed E-state index contributed by atoms with van der Waals surface area (Å²) < 4.78 is 15.9. The molecule has 8 nitrogen and oxygen atoms in total. The molecule has 0 aromatic heterocycles. The number of oxime groups is 1. The van der Waals surface area contributed by atoms with Gasteiger partial charge in [0, 0.05) is 37.7 Å². The highest BCUT2D eigenvalue weighted by molar-refractivity contribution is 6.32. The summed E-state index contributed by atoms with van der Waals surface area (Å²) in [4.78, 5) is 20.1. The van der Waals surface area contributed by atoms with Gasteiger partial charge in [0.25, 0.3) is 5.91 Å². The van der Waals surface area contributed by atoms with Gasteiger partial charge in [-0.1, -0.05) is 16.8 Å². The smallest absolute Gasteiger partial charge is 0.264 e. The number of carbonyl (C=O) groups is 1. The van der Waals surface area contributed by atoms with Gasteiger partial charge in [0.2, 0.25) is 6.10 Å². The number of carbonyl (C=O) groups excluding carboxylic acids is 1. The van der Waals surface area contributed by atoms with Gasteiger partial charge >= 0.3 is 0 Å². The molecule has 0 saturated carbocycles. The van der Waals surface area contributed by atoms with E-state index in [1.807, 2.05) is 0 Å². The van der Waals surface area contributed by atoms with Crippen LogP contribution in [0.4, 0.5) is 0 Å². The van der Waals surface area contributed by atoms with Gasteiger partial charge in [0.05, 0.1) is 38.2 Å².